The largest absolute Gasteiger partial charge is 0.388 e. The molecule has 3 rings (SSSR count). The minimum absolute atomic E-state index is 0.207. The zero-order valence-corrected chi connectivity index (χ0v) is 15.4. The monoisotopic (exact) mass is 381 g/mol. The van der Waals surface area contributed by atoms with E-state index >= 15 is 0 Å². The first kappa shape index (κ1) is 17.3. The number of hydrogen-bond donors (Lipinski definition) is 3. The van der Waals surface area contributed by atoms with Crippen molar-refractivity contribution in [2.45, 2.75) is 25.3 Å². The van der Waals surface area contributed by atoms with Crippen molar-refractivity contribution in [1.82, 2.24) is 5.32 Å². The quantitative estimate of drug-likeness (QED) is 0.622. The molecule has 1 aromatic carbocycles. The third-order valence-corrected chi connectivity index (χ3v) is 5.98. The minimum Gasteiger partial charge on any atom is -0.388 e. The van der Waals surface area contributed by atoms with E-state index in [-0.39, 0.29) is 5.91 Å². The first-order valence-electron chi connectivity index (χ1n) is 7.62. The number of halogens is 2. The summed E-state index contributed by atoms with van der Waals surface area (Å²) in [5.74, 6) is 0.327. The van der Waals surface area contributed by atoms with Gasteiger partial charge in [-0.1, -0.05) is 29.3 Å². The number of nitrogens with one attached hydrogen (secondary N) is 3. The molecule has 1 aliphatic rings. The molecule has 7 heteroatoms. The van der Waals surface area contributed by atoms with E-state index in [9.17, 15) is 4.79 Å². The number of carbonyl (C=O) groups excluding carboxylic acids is 1. The van der Waals surface area contributed by atoms with Gasteiger partial charge in [0.1, 0.15) is 4.34 Å². The van der Waals surface area contributed by atoms with E-state index < -0.39 is 0 Å². The van der Waals surface area contributed by atoms with Crippen molar-refractivity contribution in [3.63, 3.8) is 0 Å². The van der Waals surface area contributed by atoms with E-state index in [2.05, 4.69) is 16.7 Å². The molecule has 1 fully saturated rings. The molecule has 126 valence electrons. The van der Waals surface area contributed by atoms with Crippen LogP contribution in [0, 0.1) is 5.41 Å². The number of thiophene rings is 1. The van der Waals surface area contributed by atoms with E-state index in [4.69, 9.17) is 28.6 Å². The van der Waals surface area contributed by atoms with Crippen LogP contribution in [0.4, 0.5) is 5.69 Å². The maximum Gasteiger partial charge on any atom is 0.261 e. The maximum absolute atomic E-state index is 12.3. The Labute approximate surface area is 154 Å². The summed E-state index contributed by atoms with van der Waals surface area (Å²) in [5, 5.41) is 14.2. The Morgan fingerprint density at radius 2 is 2.17 bits per heavy atom. The Morgan fingerprint density at radius 1 is 1.42 bits per heavy atom. The molecule has 1 aliphatic carbocycles. The molecular formula is C17H17Cl2N3OS. The highest BCUT2D eigenvalue weighted by atomic mass is 35.5. The van der Waals surface area contributed by atoms with Gasteiger partial charge in [-0.15, -0.1) is 11.3 Å². The van der Waals surface area contributed by atoms with Crippen LogP contribution >= 0.6 is 34.5 Å². The fraction of sp³-hybridized carbons (Fsp3) is 0.294. The predicted octanol–water partition coefficient (Wildman–Crippen LogP) is 4.90. The minimum atomic E-state index is -0.207. The molecule has 1 saturated carbocycles. The van der Waals surface area contributed by atoms with Gasteiger partial charge in [0.25, 0.3) is 5.91 Å². The fourth-order valence-corrected chi connectivity index (χ4v) is 4.04. The second-order valence-electron chi connectivity index (χ2n) is 5.68. The molecule has 0 aliphatic heterocycles. The van der Waals surface area contributed by atoms with E-state index in [1.54, 1.807) is 6.07 Å². The van der Waals surface area contributed by atoms with E-state index in [1.165, 1.54) is 11.8 Å². The number of carbonyl (C=O) groups is 1. The van der Waals surface area contributed by atoms with Crippen LogP contribution in [0.2, 0.25) is 9.36 Å². The molecule has 0 atom stereocenters. The zero-order valence-electron chi connectivity index (χ0n) is 13.1. The highest BCUT2D eigenvalue weighted by molar-refractivity contribution is 7.18. The predicted molar refractivity (Wildman–Crippen MR) is 101 cm³/mol. The third-order valence-electron chi connectivity index (χ3n) is 4.12. The first-order chi connectivity index (χ1) is 11.5. The second-order valence-corrected chi connectivity index (χ2v) is 7.74. The average Bonchev–Trinajstić information content (AvgIpc) is 3.37. The van der Waals surface area contributed by atoms with Crippen LogP contribution in [0.1, 0.15) is 45.1 Å². The van der Waals surface area contributed by atoms with Crippen molar-refractivity contribution >= 4 is 52.3 Å². The lowest BCUT2D eigenvalue weighted by molar-refractivity contribution is 0.0955. The second kappa shape index (κ2) is 7.13. The summed E-state index contributed by atoms with van der Waals surface area (Å²) < 4.78 is 0.415. The molecule has 2 aromatic rings. The van der Waals surface area contributed by atoms with Crippen LogP contribution in [-0.2, 0) is 6.54 Å². The van der Waals surface area contributed by atoms with E-state index in [0.717, 1.165) is 41.0 Å². The van der Waals surface area contributed by atoms with Crippen LogP contribution in [0.3, 0.4) is 0 Å². The van der Waals surface area contributed by atoms with E-state index in [0.29, 0.717) is 26.7 Å². The third kappa shape index (κ3) is 3.43. The molecule has 1 heterocycles. The lowest BCUT2D eigenvalue weighted by atomic mass is 9.96. The van der Waals surface area contributed by atoms with Crippen LogP contribution in [-0.4, -0.2) is 19.2 Å². The van der Waals surface area contributed by atoms with Crippen molar-refractivity contribution in [2.24, 2.45) is 0 Å². The number of benzene rings is 1. The normalized spacial score (nSPS) is 13.6. The Hall–Kier alpha value is -1.56. The maximum atomic E-state index is 12.3. The summed E-state index contributed by atoms with van der Waals surface area (Å²) in [6.07, 6.45) is 3.67. The van der Waals surface area contributed by atoms with Crippen LogP contribution in [0.15, 0.2) is 18.2 Å². The number of anilines is 1. The molecular weight excluding hydrogens is 365 g/mol. The molecule has 0 saturated heterocycles. The standard InChI is InChI=1S/C17H17Cl2N3OS/c1-21-14-5-4-10(9-2-3-9)12(11(14)7-20)8-22-17(23)15-6-13(18)16(19)24-15/h4-7,9,20-21H,2-3,8H2,1H3,(H,22,23). The summed E-state index contributed by atoms with van der Waals surface area (Å²) in [5.41, 5.74) is 3.93. The molecule has 0 spiro atoms. The van der Waals surface area contributed by atoms with Gasteiger partial charge in [-0.3, -0.25) is 4.79 Å². The van der Waals surface area contributed by atoms with Gasteiger partial charge in [0.05, 0.1) is 9.90 Å². The lowest BCUT2D eigenvalue weighted by Crippen LogP contribution is -2.23. The number of rotatable bonds is 6. The summed E-state index contributed by atoms with van der Waals surface area (Å²) in [6.45, 7) is 0.373. The van der Waals surface area contributed by atoms with Crippen LogP contribution in [0.5, 0.6) is 0 Å². The van der Waals surface area contributed by atoms with Gasteiger partial charge < -0.3 is 16.0 Å². The van der Waals surface area contributed by atoms with Crippen molar-refractivity contribution in [3.05, 3.63) is 49.1 Å². The van der Waals surface area contributed by atoms with Gasteiger partial charge in [0.15, 0.2) is 0 Å². The Balaban J connectivity index is 1.85. The van der Waals surface area contributed by atoms with Crippen molar-refractivity contribution in [3.8, 4) is 0 Å². The Morgan fingerprint density at radius 3 is 2.71 bits per heavy atom. The molecule has 0 radical (unpaired) electrons. The lowest BCUT2D eigenvalue weighted by Gasteiger charge is -2.16. The summed E-state index contributed by atoms with van der Waals surface area (Å²) in [4.78, 5) is 12.8. The SMILES string of the molecule is CNc1ccc(C2CC2)c(CNC(=O)c2cc(Cl)c(Cl)s2)c1C=N. The van der Waals surface area contributed by atoms with Gasteiger partial charge in [-0.2, -0.15) is 0 Å². The Bertz CT molecular complexity index is 780. The topological polar surface area (TPSA) is 65.0 Å². The number of amides is 1. The van der Waals surface area contributed by atoms with Crippen molar-refractivity contribution in [1.29, 1.82) is 5.41 Å². The summed E-state index contributed by atoms with van der Waals surface area (Å²) >= 11 is 13.0. The van der Waals surface area contributed by atoms with Crippen molar-refractivity contribution < 1.29 is 4.79 Å². The van der Waals surface area contributed by atoms with Gasteiger partial charge in [-0.05, 0) is 42.0 Å². The first-order valence-corrected chi connectivity index (χ1v) is 9.19. The molecule has 1 amide bonds. The van der Waals surface area contributed by atoms with Crippen molar-refractivity contribution in [2.75, 3.05) is 12.4 Å². The summed E-state index contributed by atoms with van der Waals surface area (Å²) in [7, 11) is 1.83. The number of hydrogen-bond acceptors (Lipinski definition) is 4. The molecule has 3 N–H and O–H groups in total. The molecule has 4 nitrogen and oxygen atoms in total. The van der Waals surface area contributed by atoms with E-state index in [1.807, 2.05) is 13.1 Å². The van der Waals surface area contributed by atoms with Crippen LogP contribution < -0.4 is 10.6 Å². The fourth-order valence-electron chi connectivity index (χ4n) is 2.75. The van der Waals surface area contributed by atoms with Gasteiger partial charge >= 0.3 is 0 Å². The highest BCUT2D eigenvalue weighted by Gasteiger charge is 2.27. The molecule has 0 unspecified atom stereocenters. The molecule has 1 aromatic heterocycles. The highest BCUT2D eigenvalue weighted by Crippen LogP contribution is 2.43. The Kier molecular flexibility index (Phi) is 5.13. The van der Waals surface area contributed by atoms with Gasteiger partial charge in [0.2, 0.25) is 0 Å². The smallest absolute Gasteiger partial charge is 0.261 e. The molecule has 0 bridgehead atoms. The summed E-state index contributed by atoms with van der Waals surface area (Å²) in [6, 6.07) is 5.67. The van der Waals surface area contributed by atoms with Gasteiger partial charge in [-0.25, -0.2) is 0 Å². The van der Waals surface area contributed by atoms with Crippen LogP contribution in [0.25, 0.3) is 0 Å². The molecule has 24 heavy (non-hydrogen) atoms. The van der Waals surface area contributed by atoms with Gasteiger partial charge in [0, 0.05) is 31.1 Å². The average molecular weight is 382 g/mol. The zero-order chi connectivity index (χ0) is 17.3.